The molecule has 186 valence electrons. The Hall–Kier alpha value is -4.57. The van der Waals surface area contributed by atoms with E-state index in [0.29, 0.717) is 0 Å². The second-order valence-corrected chi connectivity index (χ2v) is 8.06. The van der Waals surface area contributed by atoms with Crippen LogP contribution in [0.15, 0.2) is 76.0 Å². The van der Waals surface area contributed by atoms with Gasteiger partial charge in [0.25, 0.3) is 11.7 Å². The number of carbonyl (C=O) groups excluding carboxylic acids is 1. The number of nitro benzene ring substituents is 1. The first-order chi connectivity index (χ1) is 17.3. The number of azide groups is 1. The van der Waals surface area contributed by atoms with Crippen molar-refractivity contribution in [2.45, 2.75) is 44.7 Å². The van der Waals surface area contributed by atoms with Crippen molar-refractivity contribution >= 4 is 17.4 Å². The molecule has 1 aliphatic heterocycles. The van der Waals surface area contributed by atoms with Gasteiger partial charge in [0.1, 0.15) is 0 Å². The van der Waals surface area contributed by atoms with Gasteiger partial charge in [-0.1, -0.05) is 47.6 Å². The summed E-state index contributed by atoms with van der Waals surface area (Å²) in [4.78, 5) is 42.8. The summed E-state index contributed by atoms with van der Waals surface area (Å²) >= 11 is 0. The van der Waals surface area contributed by atoms with E-state index in [1.54, 1.807) is 6.92 Å². The number of allylic oxidation sites excluding steroid dienone is 1. The van der Waals surface area contributed by atoms with Gasteiger partial charge in [0.05, 0.1) is 40.5 Å². The number of nitro groups is 2. The summed E-state index contributed by atoms with van der Waals surface area (Å²) < 4.78 is 5.24. The average molecular weight is 492 g/mol. The lowest BCUT2D eigenvalue weighted by atomic mass is 9.79. The number of nitrogens with zero attached hydrogens (tertiary/aromatic N) is 6. The van der Waals surface area contributed by atoms with Crippen molar-refractivity contribution in [2.75, 3.05) is 6.61 Å². The molecule has 1 heterocycles. The highest BCUT2D eigenvalue weighted by Crippen LogP contribution is 2.40. The minimum atomic E-state index is -1.42. The largest absolute Gasteiger partial charge is 0.463 e. The van der Waals surface area contributed by atoms with E-state index in [0.717, 1.165) is 5.56 Å². The number of rotatable bonds is 10. The van der Waals surface area contributed by atoms with E-state index in [1.165, 1.54) is 31.2 Å². The SMILES string of the molecule is CCOC(=O)C1=C(CCC(N=[N+]=[N-])c2ccccc2)N=C(C)C([N+](=O)[O-])C1c1cccc([N+](=O)[O-])c1. The van der Waals surface area contributed by atoms with Gasteiger partial charge in [0.2, 0.25) is 0 Å². The summed E-state index contributed by atoms with van der Waals surface area (Å²) in [5.74, 6) is -1.94. The summed E-state index contributed by atoms with van der Waals surface area (Å²) in [7, 11) is 0. The highest BCUT2D eigenvalue weighted by Gasteiger charge is 2.45. The fraction of sp³-hybridized carbons (Fsp3) is 0.333. The van der Waals surface area contributed by atoms with E-state index >= 15 is 0 Å². The molecule has 3 rings (SSSR count). The maximum absolute atomic E-state index is 13.1. The second-order valence-electron chi connectivity index (χ2n) is 8.06. The van der Waals surface area contributed by atoms with Crippen molar-refractivity contribution in [3.63, 3.8) is 0 Å². The van der Waals surface area contributed by atoms with Crippen LogP contribution in [0.4, 0.5) is 5.69 Å². The topological polar surface area (TPSA) is 174 Å². The molecule has 0 radical (unpaired) electrons. The zero-order chi connectivity index (χ0) is 26.2. The normalized spacial score (nSPS) is 18.0. The molecule has 12 nitrogen and oxygen atoms in total. The van der Waals surface area contributed by atoms with Crippen LogP contribution in [-0.2, 0) is 9.53 Å². The van der Waals surface area contributed by atoms with Gasteiger partial charge in [-0.15, -0.1) is 0 Å². The zero-order valence-corrected chi connectivity index (χ0v) is 19.7. The first kappa shape index (κ1) is 26.0. The Morgan fingerprint density at radius 1 is 1.19 bits per heavy atom. The maximum Gasteiger partial charge on any atom is 0.336 e. The molecule has 0 bridgehead atoms. The number of hydrogen-bond donors (Lipinski definition) is 0. The molecule has 0 spiro atoms. The molecule has 0 N–H and O–H groups in total. The molecule has 2 aromatic rings. The lowest BCUT2D eigenvalue weighted by Gasteiger charge is -2.28. The fourth-order valence-electron chi connectivity index (χ4n) is 4.32. The van der Waals surface area contributed by atoms with Crippen molar-refractivity contribution < 1.29 is 19.4 Å². The lowest BCUT2D eigenvalue weighted by molar-refractivity contribution is -0.505. The van der Waals surface area contributed by atoms with Gasteiger partial charge >= 0.3 is 5.97 Å². The first-order valence-corrected chi connectivity index (χ1v) is 11.2. The van der Waals surface area contributed by atoms with Gasteiger partial charge in [0.15, 0.2) is 0 Å². The number of non-ortho nitro benzene ring substituents is 1. The van der Waals surface area contributed by atoms with E-state index in [9.17, 15) is 25.0 Å². The second kappa shape index (κ2) is 11.7. The van der Waals surface area contributed by atoms with Gasteiger partial charge in [-0.2, -0.15) is 0 Å². The quantitative estimate of drug-likeness (QED) is 0.106. The third-order valence-electron chi connectivity index (χ3n) is 5.87. The molecule has 0 aromatic heterocycles. The molecular weight excluding hydrogens is 468 g/mol. The van der Waals surface area contributed by atoms with Gasteiger partial charge in [-0.25, -0.2) is 4.79 Å². The molecule has 1 aliphatic rings. The Morgan fingerprint density at radius 3 is 2.53 bits per heavy atom. The predicted molar refractivity (Wildman–Crippen MR) is 131 cm³/mol. The Labute approximate surface area is 206 Å². The minimum absolute atomic E-state index is 0.0223. The van der Waals surface area contributed by atoms with Crippen LogP contribution in [0, 0.1) is 20.2 Å². The van der Waals surface area contributed by atoms with Crippen LogP contribution in [0.3, 0.4) is 0 Å². The Morgan fingerprint density at radius 2 is 1.92 bits per heavy atom. The van der Waals surface area contributed by atoms with E-state index in [4.69, 9.17) is 10.3 Å². The third kappa shape index (κ3) is 5.73. The molecular formula is C24H24N6O6. The molecule has 0 amide bonds. The number of hydrogen-bond acceptors (Lipinski definition) is 8. The van der Waals surface area contributed by atoms with Crippen molar-refractivity contribution in [3.8, 4) is 0 Å². The number of ether oxygens (including phenoxy) is 1. The van der Waals surface area contributed by atoms with Crippen molar-refractivity contribution in [3.05, 3.63) is 108 Å². The van der Waals surface area contributed by atoms with Gasteiger partial charge in [-0.3, -0.25) is 25.2 Å². The maximum atomic E-state index is 13.1. The Kier molecular flexibility index (Phi) is 8.48. The van der Waals surface area contributed by atoms with Crippen LogP contribution in [0.1, 0.15) is 49.8 Å². The minimum Gasteiger partial charge on any atom is -0.463 e. The summed E-state index contributed by atoms with van der Waals surface area (Å²) in [5, 5.41) is 27.3. The monoisotopic (exact) mass is 492 g/mol. The molecule has 0 saturated carbocycles. The number of esters is 1. The molecule has 0 aliphatic carbocycles. The molecule has 0 fully saturated rings. The van der Waals surface area contributed by atoms with E-state index in [1.807, 2.05) is 30.3 Å². The molecule has 12 heteroatoms. The third-order valence-corrected chi connectivity index (χ3v) is 5.87. The van der Waals surface area contributed by atoms with Crippen molar-refractivity contribution in [1.29, 1.82) is 0 Å². The lowest BCUT2D eigenvalue weighted by Crippen LogP contribution is -2.40. The summed E-state index contributed by atoms with van der Waals surface area (Å²) in [5.41, 5.74) is 10.2. The number of benzene rings is 2. The van der Waals surface area contributed by atoms with Gasteiger partial charge in [0, 0.05) is 22.0 Å². The van der Waals surface area contributed by atoms with E-state index in [-0.39, 0.29) is 47.7 Å². The standard InChI is InChI=1S/C24H24N6O6/c1-3-36-24(31)22-20(13-12-19(27-28-25)16-8-5-4-6-9-16)26-15(2)23(30(34)35)21(22)17-10-7-11-18(14-17)29(32)33/h4-11,14,19,21,23H,3,12-13H2,1-2H3. The van der Waals surface area contributed by atoms with Crippen molar-refractivity contribution in [2.24, 2.45) is 10.1 Å². The smallest absolute Gasteiger partial charge is 0.336 e. The molecule has 3 atom stereocenters. The molecule has 36 heavy (non-hydrogen) atoms. The molecule has 0 saturated heterocycles. The number of carbonyl (C=O) groups is 1. The number of aliphatic imine (C=N–C) groups is 1. The molecule has 2 aromatic carbocycles. The average Bonchev–Trinajstić information content (AvgIpc) is 2.86. The Bertz CT molecular complexity index is 1270. The Balaban J connectivity index is 2.14. The van der Waals surface area contributed by atoms with Gasteiger partial charge in [-0.05, 0) is 43.3 Å². The summed E-state index contributed by atoms with van der Waals surface area (Å²) in [6.07, 6.45) is 0.424. The van der Waals surface area contributed by atoms with Crippen LogP contribution in [-0.4, -0.2) is 34.2 Å². The van der Waals surface area contributed by atoms with Crippen LogP contribution in [0.2, 0.25) is 0 Å². The van der Waals surface area contributed by atoms with E-state index < -0.39 is 33.8 Å². The predicted octanol–water partition coefficient (Wildman–Crippen LogP) is 5.45. The van der Waals surface area contributed by atoms with Gasteiger partial charge < -0.3 is 4.74 Å². The van der Waals surface area contributed by atoms with Crippen LogP contribution in [0.5, 0.6) is 0 Å². The zero-order valence-electron chi connectivity index (χ0n) is 19.7. The highest BCUT2D eigenvalue weighted by molar-refractivity contribution is 5.98. The van der Waals surface area contributed by atoms with Crippen LogP contribution >= 0.6 is 0 Å². The van der Waals surface area contributed by atoms with Crippen molar-refractivity contribution in [1.82, 2.24) is 0 Å². The summed E-state index contributed by atoms with van der Waals surface area (Å²) in [6.45, 7) is 3.12. The fourth-order valence-corrected chi connectivity index (χ4v) is 4.32. The van der Waals surface area contributed by atoms with E-state index in [2.05, 4.69) is 15.0 Å². The van der Waals surface area contributed by atoms with Crippen LogP contribution in [0.25, 0.3) is 10.4 Å². The first-order valence-electron chi connectivity index (χ1n) is 11.2. The molecule has 3 unspecified atom stereocenters. The highest BCUT2D eigenvalue weighted by atomic mass is 16.6. The van der Waals surface area contributed by atoms with Crippen LogP contribution < -0.4 is 0 Å². The summed E-state index contributed by atoms with van der Waals surface area (Å²) in [6, 6.07) is 12.5.